The molecule has 1 aliphatic rings. The molecule has 2 nitrogen and oxygen atoms in total. The summed E-state index contributed by atoms with van der Waals surface area (Å²) in [5, 5.41) is 4.11. The van der Waals surface area contributed by atoms with E-state index in [2.05, 4.69) is 28.2 Å². The van der Waals surface area contributed by atoms with Gasteiger partial charge in [-0.15, -0.1) is 0 Å². The quantitative estimate of drug-likeness (QED) is 0.525. The summed E-state index contributed by atoms with van der Waals surface area (Å²) in [6.45, 7) is 3.08. The molecular formula is C15H28BrNO. The van der Waals surface area contributed by atoms with E-state index in [1.54, 1.807) is 0 Å². The summed E-state index contributed by atoms with van der Waals surface area (Å²) >= 11 is 3.48. The van der Waals surface area contributed by atoms with Crippen molar-refractivity contribution in [2.45, 2.75) is 64.7 Å². The Morgan fingerprint density at radius 1 is 1.33 bits per heavy atom. The molecule has 1 saturated carbocycles. The van der Waals surface area contributed by atoms with E-state index in [-0.39, 0.29) is 5.91 Å². The highest BCUT2D eigenvalue weighted by Gasteiger charge is 2.14. The normalized spacial score (nSPS) is 18.6. The number of nitrogens with one attached hydrogen (secondary N) is 1. The molecule has 0 aromatic carbocycles. The Balaban J connectivity index is 1.96. The third-order valence-corrected chi connectivity index (χ3v) is 5.07. The molecule has 1 rings (SSSR count). The molecule has 0 aliphatic heterocycles. The molecule has 1 unspecified atom stereocenters. The Labute approximate surface area is 120 Å². The van der Waals surface area contributed by atoms with E-state index in [0.29, 0.717) is 5.92 Å². The van der Waals surface area contributed by atoms with Gasteiger partial charge in [-0.1, -0.05) is 55.0 Å². The summed E-state index contributed by atoms with van der Waals surface area (Å²) in [5.41, 5.74) is 0. The molecule has 0 radical (unpaired) electrons. The van der Waals surface area contributed by atoms with E-state index in [1.165, 1.54) is 38.5 Å². The standard InChI is InChI=1S/C15H28BrNO/c1-13(12-16)6-5-11-17-15(18)10-9-14-7-3-2-4-8-14/h13-14H,2-12H2,1H3,(H,17,18). The molecule has 0 aromatic heterocycles. The van der Waals surface area contributed by atoms with Gasteiger partial charge in [-0.2, -0.15) is 0 Å². The summed E-state index contributed by atoms with van der Waals surface area (Å²) in [7, 11) is 0. The first-order valence-electron chi connectivity index (χ1n) is 7.55. The predicted octanol–water partition coefficient (Wildman–Crippen LogP) is 4.27. The Bertz CT molecular complexity index is 227. The van der Waals surface area contributed by atoms with Crippen molar-refractivity contribution in [1.82, 2.24) is 5.32 Å². The van der Waals surface area contributed by atoms with E-state index in [0.717, 1.165) is 37.1 Å². The molecule has 0 saturated heterocycles. The first kappa shape index (κ1) is 16.0. The van der Waals surface area contributed by atoms with Crippen LogP contribution in [0.2, 0.25) is 0 Å². The van der Waals surface area contributed by atoms with Crippen LogP contribution in [0.3, 0.4) is 0 Å². The zero-order valence-electron chi connectivity index (χ0n) is 11.7. The van der Waals surface area contributed by atoms with Gasteiger partial charge in [-0.05, 0) is 31.1 Å². The zero-order valence-corrected chi connectivity index (χ0v) is 13.3. The van der Waals surface area contributed by atoms with Gasteiger partial charge in [0, 0.05) is 18.3 Å². The van der Waals surface area contributed by atoms with Gasteiger partial charge in [0.15, 0.2) is 0 Å². The fourth-order valence-corrected chi connectivity index (χ4v) is 2.98. The first-order valence-corrected chi connectivity index (χ1v) is 8.67. The Morgan fingerprint density at radius 3 is 2.72 bits per heavy atom. The van der Waals surface area contributed by atoms with Crippen molar-refractivity contribution >= 4 is 21.8 Å². The monoisotopic (exact) mass is 317 g/mol. The second-order valence-electron chi connectivity index (χ2n) is 5.79. The average molecular weight is 318 g/mol. The number of carbonyl (C=O) groups excluding carboxylic acids is 1. The van der Waals surface area contributed by atoms with Gasteiger partial charge in [0.1, 0.15) is 0 Å². The molecule has 1 fully saturated rings. The van der Waals surface area contributed by atoms with E-state index in [9.17, 15) is 4.79 Å². The van der Waals surface area contributed by atoms with Gasteiger partial charge in [-0.3, -0.25) is 4.79 Å². The summed E-state index contributed by atoms with van der Waals surface area (Å²) in [5.74, 6) is 1.79. The molecule has 1 aliphatic carbocycles. The molecule has 1 atom stereocenters. The first-order chi connectivity index (χ1) is 8.72. The van der Waals surface area contributed by atoms with E-state index in [1.807, 2.05) is 0 Å². The van der Waals surface area contributed by atoms with E-state index >= 15 is 0 Å². The lowest BCUT2D eigenvalue weighted by Gasteiger charge is -2.21. The number of hydrogen-bond donors (Lipinski definition) is 1. The highest BCUT2D eigenvalue weighted by Crippen LogP contribution is 2.27. The van der Waals surface area contributed by atoms with Crippen LogP contribution in [0.25, 0.3) is 0 Å². The number of rotatable bonds is 8. The lowest BCUT2D eigenvalue weighted by atomic mass is 9.86. The lowest BCUT2D eigenvalue weighted by molar-refractivity contribution is -0.121. The minimum Gasteiger partial charge on any atom is -0.356 e. The van der Waals surface area contributed by atoms with Gasteiger partial charge >= 0.3 is 0 Å². The fourth-order valence-electron chi connectivity index (χ4n) is 2.65. The van der Waals surface area contributed by atoms with Crippen LogP contribution in [0, 0.1) is 11.8 Å². The van der Waals surface area contributed by atoms with Gasteiger partial charge in [0.05, 0.1) is 0 Å². The largest absolute Gasteiger partial charge is 0.356 e. The zero-order chi connectivity index (χ0) is 13.2. The van der Waals surface area contributed by atoms with Crippen LogP contribution in [-0.2, 0) is 4.79 Å². The minimum atomic E-state index is 0.257. The molecule has 0 heterocycles. The van der Waals surface area contributed by atoms with Gasteiger partial charge in [0.25, 0.3) is 0 Å². The molecule has 0 bridgehead atoms. The number of halogens is 1. The summed E-state index contributed by atoms with van der Waals surface area (Å²) in [6, 6.07) is 0. The maximum absolute atomic E-state index is 11.7. The predicted molar refractivity (Wildman–Crippen MR) is 81.0 cm³/mol. The molecule has 1 amide bonds. The third kappa shape index (κ3) is 7.40. The molecule has 18 heavy (non-hydrogen) atoms. The van der Waals surface area contributed by atoms with Gasteiger partial charge < -0.3 is 5.32 Å². The van der Waals surface area contributed by atoms with Crippen molar-refractivity contribution in [3.05, 3.63) is 0 Å². The Kier molecular flexibility index (Phi) is 8.74. The average Bonchev–Trinajstić information content (AvgIpc) is 2.42. The summed E-state index contributed by atoms with van der Waals surface area (Å²) in [6.07, 6.45) is 11.0. The van der Waals surface area contributed by atoms with Crippen LogP contribution in [0.1, 0.15) is 64.7 Å². The molecule has 0 aromatic rings. The van der Waals surface area contributed by atoms with Crippen molar-refractivity contribution in [1.29, 1.82) is 0 Å². The smallest absolute Gasteiger partial charge is 0.220 e. The highest BCUT2D eigenvalue weighted by atomic mass is 79.9. The number of amides is 1. The van der Waals surface area contributed by atoms with E-state index < -0.39 is 0 Å². The maximum Gasteiger partial charge on any atom is 0.220 e. The van der Waals surface area contributed by atoms with Crippen LogP contribution in [0.5, 0.6) is 0 Å². The van der Waals surface area contributed by atoms with Crippen LogP contribution in [0.15, 0.2) is 0 Å². The molecule has 0 spiro atoms. The van der Waals surface area contributed by atoms with Crippen LogP contribution in [0.4, 0.5) is 0 Å². The van der Waals surface area contributed by atoms with Crippen LogP contribution in [-0.4, -0.2) is 17.8 Å². The molecule has 106 valence electrons. The molecule has 1 N–H and O–H groups in total. The second kappa shape index (κ2) is 9.82. The lowest BCUT2D eigenvalue weighted by Crippen LogP contribution is -2.25. The Hall–Kier alpha value is -0.0500. The topological polar surface area (TPSA) is 29.1 Å². The Morgan fingerprint density at radius 2 is 2.06 bits per heavy atom. The van der Waals surface area contributed by atoms with Crippen LogP contribution >= 0.6 is 15.9 Å². The number of hydrogen-bond acceptors (Lipinski definition) is 1. The fraction of sp³-hybridized carbons (Fsp3) is 0.933. The van der Waals surface area contributed by atoms with Crippen molar-refractivity contribution in [3.63, 3.8) is 0 Å². The van der Waals surface area contributed by atoms with Crippen molar-refractivity contribution in [3.8, 4) is 0 Å². The van der Waals surface area contributed by atoms with Crippen molar-refractivity contribution in [2.75, 3.05) is 11.9 Å². The van der Waals surface area contributed by atoms with Crippen molar-refractivity contribution < 1.29 is 4.79 Å². The SMILES string of the molecule is CC(CBr)CCCNC(=O)CCC1CCCCC1. The second-order valence-corrected chi connectivity index (χ2v) is 6.44. The minimum absolute atomic E-state index is 0.257. The highest BCUT2D eigenvalue weighted by molar-refractivity contribution is 9.09. The van der Waals surface area contributed by atoms with E-state index in [4.69, 9.17) is 0 Å². The maximum atomic E-state index is 11.7. The molecular weight excluding hydrogens is 290 g/mol. The van der Waals surface area contributed by atoms with Gasteiger partial charge in [0.2, 0.25) is 5.91 Å². The molecule has 3 heteroatoms. The van der Waals surface area contributed by atoms with Crippen LogP contribution < -0.4 is 5.32 Å². The van der Waals surface area contributed by atoms with Crippen molar-refractivity contribution in [2.24, 2.45) is 11.8 Å². The summed E-state index contributed by atoms with van der Waals surface area (Å²) in [4.78, 5) is 11.7. The number of alkyl halides is 1. The summed E-state index contributed by atoms with van der Waals surface area (Å²) < 4.78 is 0. The number of carbonyl (C=O) groups is 1. The third-order valence-electron chi connectivity index (χ3n) is 3.96. The van der Waals surface area contributed by atoms with Gasteiger partial charge in [-0.25, -0.2) is 0 Å².